The molecule has 1 fully saturated rings. The minimum atomic E-state index is -4.45. The molecule has 96 valence electrons. The average Bonchev–Trinajstić information content (AvgIpc) is 2.50. The number of rotatable bonds is 3. The maximum absolute atomic E-state index is 11.9. The van der Waals surface area contributed by atoms with Crippen LogP contribution in [0.15, 0.2) is 0 Å². The van der Waals surface area contributed by atoms with E-state index in [0.717, 1.165) is 12.8 Å². The molecule has 0 unspecified atom stereocenters. The third kappa shape index (κ3) is 4.57. The Morgan fingerprint density at radius 1 is 1.31 bits per heavy atom. The van der Waals surface area contributed by atoms with E-state index in [0.29, 0.717) is 12.8 Å². The SMILES string of the molecule is Cl.NCC1(NC(=O)CC(F)(F)F)CCCC1. The van der Waals surface area contributed by atoms with Gasteiger partial charge < -0.3 is 11.1 Å². The van der Waals surface area contributed by atoms with Gasteiger partial charge in [0.05, 0.1) is 5.54 Å². The molecule has 0 aromatic rings. The molecule has 3 N–H and O–H groups in total. The Morgan fingerprint density at radius 3 is 2.19 bits per heavy atom. The second-order valence-electron chi connectivity index (χ2n) is 4.03. The molecule has 0 atom stereocenters. The van der Waals surface area contributed by atoms with Crippen molar-refractivity contribution < 1.29 is 18.0 Å². The maximum atomic E-state index is 11.9. The van der Waals surface area contributed by atoms with Gasteiger partial charge in [0.1, 0.15) is 6.42 Å². The molecule has 0 aliphatic heterocycles. The Kier molecular flexibility index (Phi) is 5.55. The lowest BCUT2D eigenvalue weighted by atomic mass is 9.97. The Bertz CT molecular complexity index is 239. The van der Waals surface area contributed by atoms with Crippen molar-refractivity contribution in [1.82, 2.24) is 5.32 Å². The van der Waals surface area contributed by atoms with Crippen LogP contribution < -0.4 is 11.1 Å². The fourth-order valence-electron chi connectivity index (χ4n) is 1.95. The van der Waals surface area contributed by atoms with E-state index in [9.17, 15) is 18.0 Å². The lowest BCUT2D eigenvalue weighted by molar-refractivity contribution is -0.155. The summed E-state index contributed by atoms with van der Waals surface area (Å²) in [4.78, 5) is 11.1. The van der Waals surface area contributed by atoms with Crippen LogP contribution in [-0.4, -0.2) is 24.2 Å². The largest absolute Gasteiger partial charge is 0.397 e. The van der Waals surface area contributed by atoms with Crippen molar-refractivity contribution in [2.75, 3.05) is 6.54 Å². The summed E-state index contributed by atoms with van der Waals surface area (Å²) in [6, 6.07) is 0. The Hall–Kier alpha value is -0.490. The van der Waals surface area contributed by atoms with Gasteiger partial charge in [-0.1, -0.05) is 12.8 Å². The zero-order valence-corrected chi connectivity index (χ0v) is 9.59. The number of amides is 1. The van der Waals surface area contributed by atoms with Crippen molar-refractivity contribution in [3.63, 3.8) is 0 Å². The maximum Gasteiger partial charge on any atom is 0.397 e. The van der Waals surface area contributed by atoms with Gasteiger partial charge in [-0.25, -0.2) is 0 Å². The molecule has 0 heterocycles. The number of carbonyl (C=O) groups excluding carboxylic acids is 1. The van der Waals surface area contributed by atoms with Crippen molar-refractivity contribution in [2.24, 2.45) is 5.73 Å². The average molecular weight is 261 g/mol. The summed E-state index contributed by atoms with van der Waals surface area (Å²) in [5, 5.41) is 2.41. The van der Waals surface area contributed by atoms with E-state index >= 15 is 0 Å². The normalized spacial score (nSPS) is 19.0. The smallest absolute Gasteiger partial charge is 0.349 e. The Balaban J connectivity index is 0.00000225. The standard InChI is InChI=1S/C9H15F3N2O.ClH/c10-9(11,12)5-7(15)14-8(6-13)3-1-2-4-8;/h1-6,13H2,(H,14,15);1H. The van der Waals surface area contributed by atoms with E-state index in [2.05, 4.69) is 5.32 Å². The molecule has 3 nitrogen and oxygen atoms in total. The summed E-state index contributed by atoms with van der Waals surface area (Å²) in [5.74, 6) is -0.977. The number of nitrogens with two attached hydrogens (primary N) is 1. The highest BCUT2D eigenvalue weighted by Gasteiger charge is 2.37. The highest BCUT2D eigenvalue weighted by Crippen LogP contribution is 2.29. The number of alkyl halides is 3. The van der Waals surface area contributed by atoms with Crippen LogP contribution in [0.5, 0.6) is 0 Å². The first-order valence-corrected chi connectivity index (χ1v) is 4.95. The topological polar surface area (TPSA) is 55.1 Å². The first-order valence-electron chi connectivity index (χ1n) is 4.95. The Morgan fingerprint density at radius 2 is 1.81 bits per heavy atom. The zero-order chi connectivity index (χ0) is 11.5. The first kappa shape index (κ1) is 15.5. The van der Waals surface area contributed by atoms with Gasteiger partial charge in [-0.15, -0.1) is 12.4 Å². The molecule has 0 aromatic carbocycles. The van der Waals surface area contributed by atoms with Crippen LogP contribution in [0.4, 0.5) is 13.2 Å². The van der Waals surface area contributed by atoms with Crippen LogP contribution in [0, 0.1) is 0 Å². The van der Waals surface area contributed by atoms with Crippen molar-refractivity contribution in [1.29, 1.82) is 0 Å². The van der Waals surface area contributed by atoms with E-state index in [1.807, 2.05) is 0 Å². The Labute approximate surface area is 98.4 Å². The van der Waals surface area contributed by atoms with Gasteiger partial charge in [-0.3, -0.25) is 4.79 Å². The second-order valence-corrected chi connectivity index (χ2v) is 4.03. The summed E-state index contributed by atoms with van der Waals surface area (Å²) >= 11 is 0. The summed E-state index contributed by atoms with van der Waals surface area (Å²) in [5.41, 5.74) is 4.89. The number of nitrogens with one attached hydrogen (secondary N) is 1. The molecule has 0 spiro atoms. The fourth-order valence-corrected chi connectivity index (χ4v) is 1.95. The van der Waals surface area contributed by atoms with Gasteiger partial charge in [0.25, 0.3) is 0 Å². The lowest BCUT2D eigenvalue weighted by Gasteiger charge is -2.28. The van der Waals surface area contributed by atoms with Crippen LogP contribution in [0.3, 0.4) is 0 Å². The number of hydrogen-bond acceptors (Lipinski definition) is 2. The number of carbonyl (C=O) groups is 1. The molecular weight excluding hydrogens is 245 g/mol. The minimum absolute atomic E-state index is 0. The predicted molar refractivity (Wildman–Crippen MR) is 56.3 cm³/mol. The van der Waals surface area contributed by atoms with Gasteiger partial charge in [0.15, 0.2) is 0 Å². The molecule has 1 aliphatic rings. The molecule has 1 amide bonds. The predicted octanol–water partition coefficient (Wildman–Crippen LogP) is 1.75. The van der Waals surface area contributed by atoms with Crippen LogP contribution >= 0.6 is 12.4 Å². The minimum Gasteiger partial charge on any atom is -0.349 e. The summed E-state index contributed by atoms with van der Waals surface area (Å²) in [7, 11) is 0. The van der Waals surface area contributed by atoms with Crippen molar-refractivity contribution >= 4 is 18.3 Å². The third-order valence-corrected chi connectivity index (χ3v) is 2.72. The second kappa shape index (κ2) is 5.72. The molecule has 0 saturated heterocycles. The van der Waals surface area contributed by atoms with Gasteiger partial charge in [0.2, 0.25) is 5.91 Å². The molecule has 7 heteroatoms. The summed E-state index contributed by atoms with van der Waals surface area (Å²) in [6.45, 7) is 0.205. The molecule has 1 aliphatic carbocycles. The van der Waals surface area contributed by atoms with Gasteiger partial charge in [0, 0.05) is 6.54 Å². The van der Waals surface area contributed by atoms with Crippen molar-refractivity contribution in [2.45, 2.75) is 43.8 Å². The van der Waals surface area contributed by atoms with Crippen LogP contribution in [0.1, 0.15) is 32.1 Å². The van der Waals surface area contributed by atoms with E-state index in [-0.39, 0.29) is 19.0 Å². The number of halogens is 4. The third-order valence-electron chi connectivity index (χ3n) is 2.72. The van der Waals surface area contributed by atoms with Crippen molar-refractivity contribution in [3.8, 4) is 0 Å². The highest BCUT2D eigenvalue weighted by molar-refractivity contribution is 5.85. The molecular formula is C9H16ClF3N2O. The van der Waals surface area contributed by atoms with Gasteiger partial charge in [-0.2, -0.15) is 13.2 Å². The van der Waals surface area contributed by atoms with Crippen LogP contribution in [0.25, 0.3) is 0 Å². The van der Waals surface area contributed by atoms with Crippen molar-refractivity contribution in [3.05, 3.63) is 0 Å². The molecule has 0 aromatic heterocycles. The van der Waals surface area contributed by atoms with E-state index < -0.39 is 24.0 Å². The lowest BCUT2D eigenvalue weighted by Crippen LogP contribution is -2.52. The number of hydrogen-bond donors (Lipinski definition) is 2. The van der Waals surface area contributed by atoms with E-state index in [1.54, 1.807) is 0 Å². The molecule has 1 saturated carbocycles. The van der Waals surface area contributed by atoms with E-state index in [1.165, 1.54) is 0 Å². The highest BCUT2D eigenvalue weighted by atomic mass is 35.5. The van der Waals surface area contributed by atoms with Crippen LogP contribution in [0.2, 0.25) is 0 Å². The molecule has 0 radical (unpaired) electrons. The molecule has 0 bridgehead atoms. The first-order chi connectivity index (χ1) is 6.87. The molecule has 1 rings (SSSR count). The van der Waals surface area contributed by atoms with Gasteiger partial charge >= 0.3 is 6.18 Å². The molecule has 16 heavy (non-hydrogen) atoms. The van der Waals surface area contributed by atoms with Gasteiger partial charge in [-0.05, 0) is 12.8 Å². The van der Waals surface area contributed by atoms with E-state index in [4.69, 9.17) is 5.73 Å². The quantitative estimate of drug-likeness (QED) is 0.812. The summed E-state index contributed by atoms with van der Waals surface area (Å²) in [6.07, 6.45) is -2.71. The van der Waals surface area contributed by atoms with Crippen LogP contribution in [-0.2, 0) is 4.79 Å². The summed E-state index contributed by atoms with van der Waals surface area (Å²) < 4.78 is 35.7. The zero-order valence-electron chi connectivity index (χ0n) is 8.77. The monoisotopic (exact) mass is 260 g/mol. The fraction of sp³-hybridized carbons (Fsp3) is 0.889.